The molecule has 0 aromatic heterocycles. The van der Waals surface area contributed by atoms with E-state index in [1.807, 2.05) is 36.4 Å². The van der Waals surface area contributed by atoms with Gasteiger partial charge in [0.05, 0.1) is 19.0 Å². The van der Waals surface area contributed by atoms with Crippen molar-refractivity contribution in [1.29, 1.82) is 0 Å². The zero-order valence-corrected chi connectivity index (χ0v) is 11.4. The molecule has 98 valence electrons. The summed E-state index contributed by atoms with van der Waals surface area (Å²) in [4.78, 5) is 0. The SMILES string of the molecule is COc1ccccc1NC(=S)N/N=C/C1=CC=CC1. The summed E-state index contributed by atoms with van der Waals surface area (Å²) >= 11 is 5.16. The van der Waals surface area contributed by atoms with Crippen molar-refractivity contribution in [1.82, 2.24) is 5.43 Å². The van der Waals surface area contributed by atoms with E-state index in [9.17, 15) is 0 Å². The lowest BCUT2D eigenvalue weighted by atomic mass is 10.3. The molecule has 1 aliphatic carbocycles. The Morgan fingerprint density at radius 3 is 3.00 bits per heavy atom. The number of nitrogens with zero attached hydrogens (tertiary/aromatic N) is 1. The molecule has 0 saturated carbocycles. The highest BCUT2D eigenvalue weighted by molar-refractivity contribution is 7.80. The van der Waals surface area contributed by atoms with E-state index in [2.05, 4.69) is 21.9 Å². The van der Waals surface area contributed by atoms with Crippen LogP contribution < -0.4 is 15.5 Å². The zero-order chi connectivity index (χ0) is 13.5. The summed E-state index contributed by atoms with van der Waals surface area (Å²) in [6, 6.07) is 7.56. The molecular weight excluding hydrogens is 258 g/mol. The number of ether oxygens (including phenoxy) is 1. The Hall–Kier alpha value is -2.14. The quantitative estimate of drug-likeness (QED) is 0.503. The van der Waals surface area contributed by atoms with Crippen LogP contribution in [0, 0.1) is 0 Å². The summed E-state index contributed by atoms with van der Waals surface area (Å²) < 4.78 is 5.23. The Morgan fingerprint density at radius 1 is 1.42 bits per heavy atom. The fraction of sp³-hybridized carbons (Fsp3) is 0.143. The van der Waals surface area contributed by atoms with Crippen molar-refractivity contribution in [2.45, 2.75) is 6.42 Å². The number of nitrogens with one attached hydrogen (secondary N) is 2. The van der Waals surface area contributed by atoms with Crippen LogP contribution >= 0.6 is 12.2 Å². The van der Waals surface area contributed by atoms with Crippen LogP contribution in [0.25, 0.3) is 0 Å². The van der Waals surface area contributed by atoms with Gasteiger partial charge in [-0.05, 0) is 36.3 Å². The number of thiocarbonyl (C=S) groups is 1. The highest BCUT2D eigenvalue weighted by Gasteiger charge is 2.02. The third kappa shape index (κ3) is 3.93. The van der Waals surface area contributed by atoms with Crippen LogP contribution in [0.5, 0.6) is 5.75 Å². The molecule has 0 aliphatic heterocycles. The average Bonchev–Trinajstić information content (AvgIpc) is 2.92. The van der Waals surface area contributed by atoms with Gasteiger partial charge in [0, 0.05) is 0 Å². The predicted molar refractivity (Wildman–Crippen MR) is 82.7 cm³/mol. The first-order chi connectivity index (χ1) is 9.29. The molecule has 0 spiro atoms. The molecule has 2 rings (SSSR count). The summed E-state index contributed by atoms with van der Waals surface area (Å²) in [7, 11) is 1.62. The molecule has 0 bridgehead atoms. The van der Waals surface area contributed by atoms with E-state index in [1.165, 1.54) is 0 Å². The lowest BCUT2D eigenvalue weighted by molar-refractivity contribution is 0.417. The lowest BCUT2D eigenvalue weighted by Gasteiger charge is -2.10. The maximum Gasteiger partial charge on any atom is 0.191 e. The molecule has 0 radical (unpaired) electrons. The predicted octanol–water partition coefficient (Wildman–Crippen LogP) is 2.85. The van der Waals surface area contributed by atoms with Gasteiger partial charge in [-0.2, -0.15) is 5.10 Å². The standard InChI is InChI=1S/C14H15N3OS/c1-18-13-9-5-4-8-12(13)16-14(19)17-15-10-11-6-2-3-7-11/h2-6,8-10H,7H2,1H3,(H2,16,17,19)/b15-10+. The third-order valence-corrected chi connectivity index (χ3v) is 2.74. The highest BCUT2D eigenvalue weighted by Crippen LogP contribution is 2.22. The molecule has 1 aromatic rings. The van der Waals surface area contributed by atoms with Crippen LogP contribution in [0.15, 0.2) is 53.2 Å². The van der Waals surface area contributed by atoms with Crippen LogP contribution in [0.1, 0.15) is 6.42 Å². The highest BCUT2D eigenvalue weighted by atomic mass is 32.1. The first-order valence-electron chi connectivity index (χ1n) is 5.88. The molecule has 1 aliphatic rings. The van der Waals surface area contributed by atoms with Gasteiger partial charge in [0.1, 0.15) is 5.75 Å². The molecule has 0 heterocycles. The van der Waals surface area contributed by atoms with E-state index in [4.69, 9.17) is 17.0 Å². The minimum atomic E-state index is 0.423. The second-order valence-electron chi connectivity index (χ2n) is 3.90. The van der Waals surface area contributed by atoms with Gasteiger partial charge in [-0.3, -0.25) is 5.43 Å². The molecule has 1 aromatic carbocycles. The van der Waals surface area contributed by atoms with Gasteiger partial charge in [-0.1, -0.05) is 30.4 Å². The zero-order valence-electron chi connectivity index (χ0n) is 10.6. The molecular formula is C14H15N3OS. The normalized spacial score (nSPS) is 13.4. The number of rotatable bonds is 4. The van der Waals surface area contributed by atoms with E-state index < -0.39 is 0 Å². The van der Waals surface area contributed by atoms with Crippen molar-refractivity contribution in [2.24, 2.45) is 5.10 Å². The van der Waals surface area contributed by atoms with Crippen LogP contribution in [0.2, 0.25) is 0 Å². The summed E-state index contributed by atoms with van der Waals surface area (Å²) in [6.07, 6.45) is 8.77. The van der Waals surface area contributed by atoms with Gasteiger partial charge in [0.15, 0.2) is 5.11 Å². The molecule has 0 fully saturated rings. The van der Waals surface area contributed by atoms with Crippen molar-refractivity contribution < 1.29 is 4.74 Å². The van der Waals surface area contributed by atoms with Crippen molar-refractivity contribution in [3.05, 3.63) is 48.1 Å². The first-order valence-corrected chi connectivity index (χ1v) is 6.29. The Bertz CT molecular complexity index is 549. The van der Waals surface area contributed by atoms with Crippen LogP contribution in [0.3, 0.4) is 0 Å². The first kappa shape index (κ1) is 13.3. The summed E-state index contributed by atoms with van der Waals surface area (Å²) in [5.41, 5.74) is 4.73. The van der Waals surface area contributed by atoms with Crippen LogP contribution in [0.4, 0.5) is 5.69 Å². The maximum absolute atomic E-state index is 5.23. The molecule has 0 amide bonds. The van der Waals surface area contributed by atoms with E-state index in [0.717, 1.165) is 23.4 Å². The Labute approximate surface area is 117 Å². The van der Waals surface area contributed by atoms with Crippen LogP contribution in [-0.2, 0) is 0 Å². The lowest BCUT2D eigenvalue weighted by Crippen LogP contribution is -2.24. The third-order valence-electron chi connectivity index (χ3n) is 2.55. The van der Waals surface area contributed by atoms with E-state index in [-0.39, 0.29) is 0 Å². The number of allylic oxidation sites excluding steroid dienone is 4. The number of hydrogen-bond donors (Lipinski definition) is 2. The fourth-order valence-electron chi connectivity index (χ4n) is 1.63. The van der Waals surface area contributed by atoms with Crippen molar-refractivity contribution >= 4 is 29.2 Å². The van der Waals surface area contributed by atoms with E-state index in [1.54, 1.807) is 13.3 Å². The average molecular weight is 273 g/mol. The van der Waals surface area contributed by atoms with Crippen molar-refractivity contribution in [3.63, 3.8) is 0 Å². The Kier molecular flexibility index (Phi) is 4.69. The number of hydrazone groups is 1. The van der Waals surface area contributed by atoms with E-state index in [0.29, 0.717) is 5.11 Å². The number of benzene rings is 1. The molecule has 0 atom stereocenters. The molecule has 19 heavy (non-hydrogen) atoms. The summed E-state index contributed by atoms with van der Waals surface area (Å²) in [5, 5.41) is 7.53. The molecule has 2 N–H and O–H groups in total. The fourth-order valence-corrected chi connectivity index (χ4v) is 1.79. The summed E-state index contributed by atoms with van der Waals surface area (Å²) in [6.45, 7) is 0. The van der Waals surface area contributed by atoms with Crippen molar-refractivity contribution in [2.75, 3.05) is 12.4 Å². The van der Waals surface area contributed by atoms with Crippen molar-refractivity contribution in [3.8, 4) is 5.75 Å². The van der Waals surface area contributed by atoms with Gasteiger partial charge in [-0.15, -0.1) is 0 Å². The van der Waals surface area contributed by atoms with Gasteiger partial charge in [-0.25, -0.2) is 0 Å². The largest absolute Gasteiger partial charge is 0.495 e. The second-order valence-corrected chi connectivity index (χ2v) is 4.31. The van der Waals surface area contributed by atoms with Gasteiger partial charge in [0.2, 0.25) is 0 Å². The molecule has 5 heteroatoms. The monoisotopic (exact) mass is 273 g/mol. The minimum absolute atomic E-state index is 0.423. The topological polar surface area (TPSA) is 45.6 Å². The minimum Gasteiger partial charge on any atom is -0.495 e. The Morgan fingerprint density at radius 2 is 2.26 bits per heavy atom. The van der Waals surface area contributed by atoms with Gasteiger partial charge >= 0.3 is 0 Å². The maximum atomic E-state index is 5.23. The summed E-state index contributed by atoms with van der Waals surface area (Å²) in [5.74, 6) is 0.735. The van der Waals surface area contributed by atoms with E-state index >= 15 is 0 Å². The number of para-hydroxylation sites is 2. The molecule has 4 nitrogen and oxygen atoms in total. The van der Waals surface area contributed by atoms with Crippen LogP contribution in [-0.4, -0.2) is 18.4 Å². The van der Waals surface area contributed by atoms with Gasteiger partial charge < -0.3 is 10.1 Å². The number of methoxy groups -OCH3 is 1. The van der Waals surface area contributed by atoms with Gasteiger partial charge in [0.25, 0.3) is 0 Å². The number of hydrogen-bond acceptors (Lipinski definition) is 3. The smallest absolute Gasteiger partial charge is 0.191 e. The number of anilines is 1. The molecule has 0 unspecified atom stereocenters. The Balaban J connectivity index is 1.87. The molecule has 0 saturated heterocycles. The second kappa shape index (κ2) is 6.70.